The number of benzene rings is 3. The summed E-state index contributed by atoms with van der Waals surface area (Å²) in [5, 5.41) is 20.0. The van der Waals surface area contributed by atoms with Gasteiger partial charge < -0.3 is 14.6 Å². The lowest BCUT2D eigenvalue weighted by Gasteiger charge is -2.15. The van der Waals surface area contributed by atoms with E-state index in [1.54, 1.807) is 48.5 Å². The van der Waals surface area contributed by atoms with E-state index in [1.165, 1.54) is 12.1 Å². The summed E-state index contributed by atoms with van der Waals surface area (Å²) in [6, 6.07) is 16.7. The highest BCUT2D eigenvalue weighted by molar-refractivity contribution is 6.35. The van der Waals surface area contributed by atoms with Crippen LogP contribution in [0.2, 0.25) is 15.1 Å². The Hall–Kier alpha value is -3.17. The molecule has 0 unspecified atom stereocenters. The van der Waals surface area contributed by atoms with Crippen LogP contribution in [0.1, 0.15) is 34.0 Å². The number of ether oxygens (including phenoxy) is 2. The van der Waals surface area contributed by atoms with Crippen LogP contribution in [0.3, 0.4) is 0 Å². The van der Waals surface area contributed by atoms with Crippen LogP contribution in [0.5, 0.6) is 11.5 Å². The maximum Gasteiger partial charge on any atom is 0.335 e. The maximum atomic E-state index is 11.1. The van der Waals surface area contributed by atoms with Crippen molar-refractivity contribution in [3.8, 4) is 17.6 Å². The largest absolute Gasteiger partial charge is 0.490 e. The van der Waals surface area contributed by atoms with Gasteiger partial charge in [0.25, 0.3) is 0 Å². The van der Waals surface area contributed by atoms with E-state index in [4.69, 9.17) is 49.4 Å². The minimum Gasteiger partial charge on any atom is -0.490 e. The van der Waals surface area contributed by atoms with E-state index in [9.17, 15) is 10.1 Å². The molecule has 0 spiro atoms. The maximum absolute atomic E-state index is 11.1. The van der Waals surface area contributed by atoms with Crippen LogP contribution < -0.4 is 9.47 Å². The van der Waals surface area contributed by atoms with Crippen LogP contribution in [0.25, 0.3) is 11.6 Å². The van der Waals surface area contributed by atoms with Gasteiger partial charge >= 0.3 is 5.97 Å². The zero-order chi connectivity index (χ0) is 24.0. The van der Waals surface area contributed by atoms with Gasteiger partial charge in [-0.25, -0.2) is 4.79 Å². The molecule has 0 radical (unpaired) electrons. The lowest BCUT2D eigenvalue weighted by atomic mass is 10.0. The average Bonchev–Trinajstić information content (AvgIpc) is 2.78. The quantitative estimate of drug-likeness (QED) is 0.257. The molecule has 3 rings (SSSR count). The Morgan fingerprint density at radius 2 is 1.70 bits per heavy atom. The van der Waals surface area contributed by atoms with Crippen LogP contribution >= 0.6 is 34.8 Å². The van der Waals surface area contributed by atoms with Gasteiger partial charge in [0.05, 0.1) is 28.8 Å². The Labute approximate surface area is 206 Å². The number of carboxylic acid groups (broad SMARTS) is 1. The number of carbonyl (C=O) groups is 1. The molecule has 5 nitrogen and oxygen atoms in total. The van der Waals surface area contributed by atoms with Crippen molar-refractivity contribution in [1.29, 1.82) is 5.26 Å². The number of halogens is 3. The third-order valence-electron chi connectivity index (χ3n) is 4.59. The Balaban J connectivity index is 1.91. The Morgan fingerprint density at radius 3 is 2.30 bits per heavy atom. The van der Waals surface area contributed by atoms with Crippen molar-refractivity contribution in [3.05, 3.63) is 91.9 Å². The van der Waals surface area contributed by atoms with Crippen molar-refractivity contribution in [2.24, 2.45) is 0 Å². The van der Waals surface area contributed by atoms with Crippen LogP contribution in [0.4, 0.5) is 0 Å². The first kappa shape index (κ1) is 24.5. The first-order chi connectivity index (χ1) is 15.8. The molecule has 1 N–H and O–H groups in total. The second-order valence-corrected chi connectivity index (χ2v) is 8.09. The molecule has 3 aromatic rings. The minimum atomic E-state index is -1.03. The molecule has 0 heterocycles. The van der Waals surface area contributed by atoms with Gasteiger partial charge in [-0.05, 0) is 60.5 Å². The van der Waals surface area contributed by atoms with Crippen LogP contribution in [0, 0.1) is 11.3 Å². The van der Waals surface area contributed by atoms with Gasteiger partial charge in [0.1, 0.15) is 6.61 Å². The summed E-state index contributed by atoms with van der Waals surface area (Å²) in [6.07, 6.45) is 1.64. The highest BCUT2D eigenvalue weighted by Gasteiger charge is 2.14. The molecule has 0 aliphatic rings. The Morgan fingerprint density at radius 1 is 1.00 bits per heavy atom. The first-order valence-electron chi connectivity index (χ1n) is 9.81. The number of carboxylic acids is 1. The molecule has 3 aromatic carbocycles. The van der Waals surface area contributed by atoms with Crippen LogP contribution in [-0.4, -0.2) is 17.7 Å². The van der Waals surface area contributed by atoms with E-state index in [1.807, 2.05) is 6.92 Å². The molecule has 0 bridgehead atoms. The lowest BCUT2D eigenvalue weighted by Crippen LogP contribution is -2.01. The number of rotatable bonds is 8. The third-order valence-corrected chi connectivity index (χ3v) is 5.46. The molecule has 33 heavy (non-hydrogen) atoms. The van der Waals surface area contributed by atoms with Gasteiger partial charge in [0, 0.05) is 15.6 Å². The summed E-state index contributed by atoms with van der Waals surface area (Å²) in [6.45, 7) is 2.37. The predicted molar refractivity (Wildman–Crippen MR) is 130 cm³/mol. The van der Waals surface area contributed by atoms with Crippen molar-refractivity contribution < 1.29 is 19.4 Å². The molecular weight excluding hydrogens is 485 g/mol. The first-order valence-corrected chi connectivity index (χ1v) is 10.9. The fourth-order valence-electron chi connectivity index (χ4n) is 3.00. The second-order valence-electron chi connectivity index (χ2n) is 6.84. The third kappa shape index (κ3) is 6.21. The van der Waals surface area contributed by atoms with E-state index >= 15 is 0 Å². The monoisotopic (exact) mass is 501 g/mol. The predicted octanol–water partition coefficient (Wildman–Crippen LogP) is 7.39. The van der Waals surface area contributed by atoms with Crippen molar-refractivity contribution in [1.82, 2.24) is 0 Å². The smallest absolute Gasteiger partial charge is 0.335 e. The standard InChI is InChI=1S/C25H18Cl3NO4/c1-2-32-23-11-15(9-19(13-29)16-3-5-17(6-4-16)25(30)31)10-22(28)24(23)33-14-18-7-8-20(26)12-21(18)27/h3-12H,2,14H2,1H3,(H,30,31)/b19-9-. The zero-order valence-corrected chi connectivity index (χ0v) is 19.7. The number of nitriles is 1. The van der Waals surface area contributed by atoms with Crippen LogP contribution in [0.15, 0.2) is 54.6 Å². The lowest BCUT2D eigenvalue weighted by molar-refractivity contribution is 0.0697. The molecule has 0 aliphatic heterocycles. The van der Waals surface area contributed by atoms with Crippen molar-refractivity contribution in [2.75, 3.05) is 6.61 Å². The molecule has 0 aliphatic carbocycles. The summed E-state index contributed by atoms with van der Waals surface area (Å²) in [5.41, 5.74) is 2.42. The number of allylic oxidation sites excluding steroid dienone is 1. The number of nitrogens with zero attached hydrogens (tertiary/aromatic N) is 1. The molecule has 8 heteroatoms. The summed E-state index contributed by atoms with van der Waals surface area (Å²) in [5.74, 6) is -0.265. The van der Waals surface area contributed by atoms with E-state index in [2.05, 4.69) is 6.07 Å². The second kappa shape index (κ2) is 11.1. The van der Waals surface area contributed by atoms with Crippen LogP contribution in [-0.2, 0) is 6.61 Å². The van der Waals surface area contributed by atoms with Gasteiger partial charge in [0.2, 0.25) is 0 Å². The van der Waals surface area contributed by atoms with E-state index in [-0.39, 0.29) is 12.2 Å². The molecule has 0 aromatic heterocycles. The SMILES string of the molecule is CCOc1cc(/C=C(/C#N)c2ccc(C(=O)O)cc2)cc(Cl)c1OCc1ccc(Cl)cc1Cl. The summed E-state index contributed by atoms with van der Waals surface area (Å²) in [7, 11) is 0. The fourth-order valence-corrected chi connectivity index (χ4v) is 3.74. The van der Waals surface area contributed by atoms with Gasteiger partial charge in [-0.15, -0.1) is 0 Å². The van der Waals surface area contributed by atoms with E-state index in [0.717, 1.165) is 5.56 Å². The number of aromatic carboxylic acids is 1. The van der Waals surface area contributed by atoms with E-state index < -0.39 is 5.97 Å². The van der Waals surface area contributed by atoms with E-state index in [0.29, 0.717) is 49.9 Å². The molecule has 0 saturated carbocycles. The van der Waals surface area contributed by atoms with Crippen molar-refractivity contribution in [3.63, 3.8) is 0 Å². The summed E-state index contributed by atoms with van der Waals surface area (Å²) >= 11 is 18.7. The highest BCUT2D eigenvalue weighted by atomic mass is 35.5. The molecular formula is C25H18Cl3NO4. The van der Waals surface area contributed by atoms with Gasteiger partial charge in [-0.1, -0.05) is 53.0 Å². The topological polar surface area (TPSA) is 79.5 Å². The van der Waals surface area contributed by atoms with Gasteiger partial charge in [-0.2, -0.15) is 5.26 Å². The molecule has 0 atom stereocenters. The number of hydrogen-bond acceptors (Lipinski definition) is 4. The average molecular weight is 503 g/mol. The highest BCUT2D eigenvalue weighted by Crippen LogP contribution is 2.38. The molecule has 0 saturated heterocycles. The zero-order valence-electron chi connectivity index (χ0n) is 17.4. The molecule has 168 valence electrons. The Bertz CT molecular complexity index is 1250. The fraction of sp³-hybridized carbons (Fsp3) is 0.120. The van der Waals surface area contributed by atoms with Gasteiger partial charge in [-0.3, -0.25) is 0 Å². The van der Waals surface area contributed by atoms with Gasteiger partial charge in [0.15, 0.2) is 11.5 Å². The van der Waals surface area contributed by atoms with Crippen molar-refractivity contribution in [2.45, 2.75) is 13.5 Å². The summed E-state index contributed by atoms with van der Waals surface area (Å²) < 4.78 is 11.6. The minimum absolute atomic E-state index is 0.139. The molecule has 0 amide bonds. The van der Waals surface area contributed by atoms with Crippen molar-refractivity contribution >= 4 is 52.4 Å². The molecule has 0 fully saturated rings. The Kier molecular flexibility index (Phi) is 8.24. The summed E-state index contributed by atoms with van der Waals surface area (Å²) in [4.78, 5) is 11.1. The number of hydrogen-bond donors (Lipinski definition) is 1. The normalized spacial score (nSPS) is 11.1.